The third-order valence-corrected chi connectivity index (χ3v) is 4.45. The van der Waals surface area contributed by atoms with Gasteiger partial charge in [-0.1, -0.05) is 30.3 Å². The smallest absolute Gasteiger partial charge is 0.191 e. The van der Waals surface area contributed by atoms with E-state index in [0.29, 0.717) is 12.5 Å². The highest BCUT2D eigenvalue weighted by atomic mass is 127. The summed E-state index contributed by atoms with van der Waals surface area (Å²) in [6.07, 6.45) is 2.40. The van der Waals surface area contributed by atoms with E-state index >= 15 is 0 Å². The van der Waals surface area contributed by atoms with Gasteiger partial charge in [0.05, 0.1) is 6.61 Å². The van der Waals surface area contributed by atoms with Gasteiger partial charge in [-0.15, -0.1) is 24.0 Å². The molecule has 6 heteroatoms. The molecule has 0 aromatic heterocycles. The highest BCUT2D eigenvalue weighted by molar-refractivity contribution is 14.0. The van der Waals surface area contributed by atoms with Crippen molar-refractivity contribution in [2.75, 3.05) is 53.0 Å². The maximum atomic E-state index is 5.33. The molecule has 0 spiro atoms. The standard InChI is InChI=1S/C19H32N4O.HI/c1-3-24-14-11-21-19(20-2)22-15-18-10-13-23(16-18)12-9-17-7-5-4-6-8-17;/h4-8,18H,3,9-16H2,1-2H3,(H2,20,21,22);1H. The first-order valence-electron chi connectivity index (χ1n) is 9.10. The Hall–Kier alpha value is -0.860. The minimum atomic E-state index is 0. The maximum absolute atomic E-state index is 5.33. The molecule has 1 atom stereocenters. The number of aliphatic imine (C=N–C) groups is 1. The second-order valence-electron chi connectivity index (χ2n) is 6.27. The summed E-state index contributed by atoms with van der Waals surface area (Å²) in [6.45, 7) is 8.80. The second-order valence-corrected chi connectivity index (χ2v) is 6.27. The van der Waals surface area contributed by atoms with Crippen LogP contribution in [0.4, 0.5) is 0 Å². The first kappa shape index (κ1) is 22.2. The Bertz CT molecular complexity index is 484. The molecule has 0 radical (unpaired) electrons. The van der Waals surface area contributed by atoms with Crippen LogP contribution in [0.3, 0.4) is 0 Å². The molecular formula is C19H33IN4O. The number of hydrogen-bond acceptors (Lipinski definition) is 3. The van der Waals surface area contributed by atoms with Crippen LogP contribution in [0.2, 0.25) is 0 Å². The van der Waals surface area contributed by atoms with Gasteiger partial charge in [-0.25, -0.2) is 0 Å². The normalized spacial score (nSPS) is 18.0. The van der Waals surface area contributed by atoms with Gasteiger partial charge in [-0.2, -0.15) is 0 Å². The molecule has 5 nitrogen and oxygen atoms in total. The number of likely N-dealkylation sites (tertiary alicyclic amines) is 1. The van der Waals surface area contributed by atoms with Crippen molar-refractivity contribution in [1.82, 2.24) is 15.5 Å². The van der Waals surface area contributed by atoms with Gasteiger partial charge in [0.1, 0.15) is 0 Å². The van der Waals surface area contributed by atoms with E-state index in [1.807, 2.05) is 14.0 Å². The van der Waals surface area contributed by atoms with Crippen LogP contribution in [0.1, 0.15) is 18.9 Å². The minimum Gasteiger partial charge on any atom is -0.380 e. The van der Waals surface area contributed by atoms with Gasteiger partial charge in [-0.05, 0) is 37.8 Å². The van der Waals surface area contributed by atoms with Crippen molar-refractivity contribution in [3.8, 4) is 0 Å². The van der Waals surface area contributed by atoms with Gasteiger partial charge >= 0.3 is 0 Å². The zero-order valence-corrected chi connectivity index (χ0v) is 17.9. The first-order chi connectivity index (χ1) is 11.8. The molecule has 1 aromatic carbocycles. The van der Waals surface area contributed by atoms with Gasteiger partial charge in [-0.3, -0.25) is 4.99 Å². The van der Waals surface area contributed by atoms with Crippen molar-refractivity contribution < 1.29 is 4.74 Å². The maximum Gasteiger partial charge on any atom is 0.191 e. The fourth-order valence-corrected chi connectivity index (χ4v) is 3.06. The molecule has 1 unspecified atom stereocenters. The van der Waals surface area contributed by atoms with E-state index in [4.69, 9.17) is 4.74 Å². The molecule has 1 fully saturated rings. The predicted octanol–water partition coefficient (Wildman–Crippen LogP) is 2.37. The summed E-state index contributed by atoms with van der Waals surface area (Å²) in [5.41, 5.74) is 1.43. The number of nitrogens with one attached hydrogen (secondary N) is 2. The Balaban J connectivity index is 0.00000312. The van der Waals surface area contributed by atoms with Crippen molar-refractivity contribution in [1.29, 1.82) is 0 Å². The third kappa shape index (κ3) is 8.87. The van der Waals surface area contributed by atoms with Crippen LogP contribution in [-0.2, 0) is 11.2 Å². The SMILES string of the molecule is CCOCCNC(=NC)NCC1CCN(CCc2ccccc2)C1.I. The molecule has 2 rings (SSSR count). The molecular weight excluding hydrogens is 427 g/mol. The summed E-state index contributed by atoms with van der Waals surface area (Å²) in [5, 5.41) is 6.73. The van der Waals surface area contributed by atoms with Crippen LogP contribution < -0.4 is 10.6 Å². The molecule has 1 saturated heterocycles. The van der Waals surface area contributed by atoms with E-state index in [9.17, 15) is 0 Å². The molecule has 1 aliphatic heterocycles. The van der Waals surface area contributed by atoms with Gasteiger partial charge in [0, 0.05) is 39.8 Å². The van der Waals surface area contributed by atoms with Crippen molar-refractivity contribution in [3.05, 3.63) is 35.9 Å². The Labute approximate surface area is 169 Å². The molecule has 1 aromatic rings. The third-order valence-electron chi connectivity index (χ3n) is 4.45. The lowest BCUT2D eigenvalue weighted by Gasteiger charge is -2.17. The number of ether oxygens (including phenoxy) is 1. The number of rotatable bonds is 9. The first-order valence-corrected chi connectivity index (χ1v) is 9.10. The van der Waals surface area contributed by atoms with Crippen molar-refractivity contribution in [2.45, 2.75) is 19.8 Å². The Morgan fingerprint density at radius 1 is 1.28 bits per heavy atom. The van der Waals surface area contributed by atoms with E-state index < -0.39 is 0 Å². The molecule has 1 heterocycles. The lowest BCUT2D eigenvalue weighted by Crippen LogP contribution is -2.41. The van der Waals surface area contributed by atoms with Crippen LogP contribution >= 0.6 is 24.0 Å². The minimum absolute atomic E-state index is 0. The quantitative estimate of drug-likeness (QED) is 0.257. The number of benzene rings is 1. The average Bonchev–Trinajstić information content (AvgIpc) is 3.08. The van der Waals surface area contributed by atoms with Crippen LogP contribution in [0, 0.1) is 5.92 Å². The van der Waals surface area contributed by atoms with Crippen LogP contribution in [0.25, 0.3) is 0 Å². The Morgan fingerprint density at radius 3 is 2.80 bits per heavy atom. The number of halogens is 1. The summed E-state index contributed by atoms with van der Waals surface area (Å²) in [4.78, 5) is 6.84. The predicted molar refractivity (Wildman–Crippen MR) is 116 cm³/mol. The Kier molecular flexibility index (Phi) is 11.9. The molecule has 0 aliphatic carbocycles. The zero-order valence-electron chi connectivity index (χ0n) is 15.5. The number of hydrogen-bond donors (Lipinski definition) is 2. The lowest BCUT2D eigenvalue weighted by atomic mass is 10.1. The van der Waals surface area contributed by atoms with Gasteiger partial charge < -0.3 is 20.3 Å². The molecule has 0 saturated carbocycles. The van der Waals surface area contributed by atoms with Gasteiger partial charge in [0.15, 0.2) is 5.96 Å². The zero-order chi connectivity index (χ0) is 17.0. The highest BCUT2D eigenvalue weighted by Gasteiger charge is 2.22. The van der Waals surface area contributed by atoms with Crippen molar-refractivity contribution in [2.24, 2.45) is 10.9 Å². The summed E-state index contributed by atoms with van der Waals surface area (Å²) in [7, 11) is 1.82. The molecule has 0 bridgehead atoms. The van der Waals surface area contributed by atoms with Crippen LogP contribution in [0.15, 0.2) is 35.3 Å². The molecule has 25 heavy (non-hydrogen) atoms. The summed E-state index contributed by atoms with van der Waals surface area (Å²) in [6, 6.07) is 10.8. The monoisotopic (exact) mass is 460 g/mol. The topological polar surface area (TPSA) is 48.9 Å². The fourth-order valence-electron chi connectivity index (χ4n) is 3.06. The molecule has 1 aliphatic rings. The molecule has 142 valence electrons. The molecule has 2 N–H and O–H groups in total. The van der Waals surface area contributed by atoms with E-state index in [-0.39, 0.29) is 24.0 Å². The summed E-state index contributed by atoms with van der Waals surface area (Å²) < 4.78 is 5.33. The molecule has 0 amide bonds. The fraction of sp³-hybridized carbons (Fsp3) is 0.632. The highest BCUT2D eigenvalue weighted by Crippen LogP contribution is 2.15. The second kappa shape index (κ2) is 13.4. The van der Waals surface area contributed by atoms with Crippen LogP contribution in [-0.4, -0.2) is 63.8 Å². The van der Waals surface area contributed by atoms with Crippen LogP contribution in [0.5, 0.6) is 0 Å². The summed E-state index contributed by atoms with van der Waals surface area (Å²) in [5.74, 6) is 1.57. The van der Waals surface area contributed by atoms with Crippen molar-refractivity contribution >= 4 is 29.9 Å². The van der Waals surface area contributed by atoms with Gasteiger partial charge in [0.25, 0.3) is 0 Å². The van der Waals surface area contributed by atoms with E-state index in [0.717, 1.165) is 38.6 Å². The van der Waals surface area contributed by atoms with E-state index in [2.05, 4.69) is 50.9 Å². The van der Waals surface area contributed by atoms with Crippen molar-refractivity contribution in [3.63, 3.8) is 0 Å². The van der Waals surface area contributed by atoms with Gasteiger partial charge in [0.2, 0.25) is 0 Å². The lowest BCUT2D eigenvalue weighted by molar-refractivity contribution is 0.152. The number of nitrogens with zero attached hydrogens (tertiary/aromatic N) is 2. The largest absolute Gasteiger partial charge is 0.380 e. The Morgan fingerprint density at radius 2 is 2.08 bits per heavy atom. The average molecular weight is 460 g/mol. The van der Waals surface area contributed by atoms with E-state index in [1.165, 1.54) is 25.1 Å². The number of guanidine groups is 1. The summed E-state index contributed by atoms with van der Waals surface area (Å²) >= 11 is 0. The van der Waals surface area contributed by atoms with E-state index in [1.54, 1.807) is 0 Å².